The van der Waals surface area contributed by atoms with Crippen LogP contribution in [0.1, 0.15) is 33.1 Å². The molecule has 0 spiro atoms. The van der Waals surface area contributed by atoms with Gasteiger partial charge in [-0.2, -0.15) is 4.72 Å². The molecule has 0 aliphatic carbocycles. The van der Waals surface area contributed by atoms with Crippen molar-refractivity contribution in [2.75, 3.05) is 6.54 Å². The van der Waals surface area contributed by atoms with Crippen LogP contribution in [0, 0.1) is 11.6 Å². The summed E-state index contributed by atoms with van der Waals surface area (Å²) in [6.45, 7) is 3.96. The molecule has 1 aliphatic rings. The molecule has 1 aliphatic heterocycles. The summed E-state index contributed by atoms with van der Waals surface area (Å²) in [7, 11) is -4.10. The van der Waals surface area contributed by atoms with E-state index in [9.17, 15) is 22.0 Å². The third kappa shape index (κ3) is 4.06. The van der Waals surface area contributed by atoms with Gasteiger partial charge in [-0.05, 0) is 51.3 Å². The largest absolute Gasteiger partial charge is 0.339 e. The number of hydrogen-bond donors (Lipinski definition) is 1. The first-order valence-corrected chi connectivity index (χ1v) is 8.98. The lowest BCUT2D eigenvalue weighted by Gasteiger charge is -2.35. The van der Waals surface area contributed by atoms with E-state index in [1.165, 1.54) is 6.92 Å². The molecule has 0 aromatic heterocycles. The number of sulfonamides is 1. The van der Waals surface area contributed by atoms with Crippen LogP contribution in [0.25, 0.3) is 0 Å². The zero-order valence-corrected chi connectivity index (χ0v) is 13.9. The number of likely N-dealkylation sites (tertiary alicyclic amines) is 1. The van der Waals surface area contributed by atoms with E-state index >= 15 is 0 Å². The van der Waals surface area contributed by atoms with Gasteiger partial charge in [-0.25, -0.2) is 17.2 Å². The minimum atomic E-state index is -4.10. The Morgan fingerprint density at radius 2 is 2.00 bits per heavy atom. The molecule has 1 fully saturated rings. The van der Waals surface area contributed by atoms with Gasteiger partial charge in [0.05, 0.1) is 10.9 Å². The van der Waals surface area contributed by atoms with Gasteiger partial charge >= 0.3 is 0 Å². The lowest BCUT2D eigenvalue weighted by Crippen LogP contribution is -2.51. The topological polar surface area (TPSA) is 66.5 Å². The highest BCUT2D eigenvalue weighted by molar-refractivity contribution is 7.89. The van der Waals surface area contributed by atoms with Crippen LogP contribution in [0.2, 0.25) is 0 Å². The van der Waals surface area contributed by atoms with Crippen LogP contribution >= 0.6 is 0 Å². The zero-order chi connectivity index (χ0) is 17.2. The van der Waals surface area contributed by atoms with E-state index in [0.29, 0.717) is 12.6 Å². The van der Waals surface area contributed by atoms with Crippen molar-refractivity contribution in [1.82, 2.24) is 9.62 Å². The van der Waals surface area contributed by atoms with Crippen molar-refractivity contribution in [2.45, 2.75) is 50.1 Å². The highest BCUT2D eigenvalue weighted by Crippen LogP contribution is 2.18. The number of halogens is 2. The van der Waals surface area contributed by atoms with E-state index in [4.69, 9.17) is 0 Å². The van der Waals surface area contributed by atoms with E-state index in [0.717, 1.165) is 31.4 Å². The first-order chi connectivity index (χ1) is 10.7. The third-order valence-electron chi connectivity index (χ3n) is 3.99. The number of benzene rings is 1. The highest BCUT2D eigenvalue weighted by atomic mass is 32.2. The van der Waals surface area contributed by atoms with Crippen LogP contribution in [-0.4, -0.2) is 37.9 Å². The Labute approximate surface area is 134 Å². The average Bonchev–Trinajstić information content (AvgIpc) is 2.49. The van der Waals surface area contributed by atoms with Crippen molar-refractivity contribution in [1.29, 1.82) is 0 Å². The predicted octanol–water partition coefficient (Wildman–Crippen LogP) is 2.03. The fraction of sp³-hybridized carbons (Fsp3) is 0.533. The van der Waals surface area contributed by atoms with Crippen molar-refractivity contribution in [3.8, 4) is 0 Å². The molecule has 0 radical (unpaired) electrons. The molecule has 0 bridgehead atoms. The van der Waals surface area contributed by atoms with E-state index in [2.05, 4.69) is 4.72 Å². The van der Waals surface area contributed by atoms with Gasteiger partial charge in [-0.1, -0.05) is 0 Å². The molecule has 1 aromatic rings. The van der Waals surface area contributed by atoms with Gasteiger partial charge in [0.2, 0.25) is 15.9 Å². The molecule has 1 saturated heterocycles. The van der Waals surface area contributed by atoms with Gasteiger partial charge in [0, 0.05) is 12.6 Å². The van der Waals surface area contributed by atoms with Crippen LogP contribution in [0.4, 0.5) is 8.78 Å². The Morgan fingerprint density at radius 1 is 1.30 bits per heavy atom. The standard InChI is InChI=1S/C15H20F2N2O3S/c1-10-5-3-4-8-19(10)15(20)11(2)18-23(21,22)12-6-7-13(16)14(17)9-12/h6-7,9-11,18H,3-5,8H2,1-2H3/t10-,11-/m1/s1. The van der Waals surface area contributed by atoms with Gasteiger partial charge in [-0.15, -0.1) is 0 Å². The van der Waals surface area contributed by atoms with Crippen molar-refractivity contribution in [3.05, 3.63) is 29.8 Å². The molecular weight excluding hydrogens is 326 g/mol. The summed E-state index contributed by atoms with van der Waals surface area (Å²) in [6.07, 6.45) is 2.81. The number of nitrogens with one attached hydrogen (secondary N) is 1. The number of carbonyl (C=O) groups is 1. The Bertz CT molecular complexity index is 694. The second-order valence-corrected chi connectivity index (χ2v) is 7.51. The summed E-state index contributed by atoms with van der Waals surface area (Å²) < 4.78 is 52.8. The van der Waals surface area contributed by atoms with Crippen LogP contribution in [0.5, 0.6) is 0 Å². The third-order valence-corrected chi connectivity index (χ3v) is 5.53. The molecule has 1 amide bonds. The molecular formula is C15H20F2N2O3S. The second-order valence-electron chi connectivity index (χ2n) is 5.80. The Hall–Kier alpha value is -1.54. The summed E-state index contributed by atoms with van der Waals surface area (Å²) in [5.41, 5.74) is 0. The van der Waals surface area contributed by atoms with Crippen molar-refractivity contribution in [3.63, 3.8) is 0 Å². The maximum Gasteiger partial charge on any atom is 0.241 e. The number of rotatable bonds is 4. The summed E-state index contributed by atoms with van der Waals surface area (Å²) in [4.78, 5) is 13.6. The molecule has 8 heteroatoms. The number of carbonyl (C=O) groups excluding carboxylic acids is 1. The molecule has 1 N–H and O–H groups in total. The molecule has 2 atom stereocenters. The van der Waals surface area contributed by atoms with Crippen molar-refractivity contribution < 1.29 is 22.0 Å². The molecule has 0 unspecified atom stereocenters. The van der Waals surface area contributed by atoms with Gasteiger partial charge in [-0.3, -0.25) is 4.79 Å². The highest BCUT2D eigenvalue weighted by Gasteiger charge is 2.30. The summed E-state index contributed by atoms with van der Waals surface area (Å²) in [6, 6.07) is 1.38. The average molecular weight is 346 g/mol. The fourth-order valence-corrected chi connectivity index (χ4v) is 3.88. The smallest absolute Gasteiger partial charge is 0.241 e. The monoisotopic (exact) mass is 346 g/mol. The molecule has 0 saturated carbocycles. The molecule has 5 nitrogen and oxygen atoms in total. The number of piperidine rings is 1. The van der Waals surface area contributed by atoms with Crippen LogP contribution in [-0.2, 0) is 14.8 Å². The van der Waals surface area contributed by atoms with Gasteiger partial charge in [0.15, 0.2) is 11.6 Å². The van der Waals surface area contributed by atoms with Crippen molar-refractivity contribution >= 4 is 15.9 Å². The van der Waals surface area contributed by atoms with Gasteiger partial charge < -0.3 is 4.90 Å². The predicted molar refractivity (Wildman–Crippen MR) is 81.2 cm³/mol. The minimum absolute atomic E-state index is 0.0615. The Balaban J connectivity index is 2.12. The zero-order valence-electron chi connectivity index (χ0n) is 13.1. The Morgan fingerprint density at radius 3 is 2.61 bits per heavy atom. The quantitative estimate of drug-likeness (QED) is 0.907. The summed E-state index contributed by atoms with van der Waals surface area (Å²) >= 11 is 0. The maximum atomic E-state index is 13.2. The van der Waals surface area contributed by atoms with Gasteiger partial charge in [0.25, 0.3) is 0 Å². The molecule has 1 heterocycles. The molecule has 2 rings (SSSR count). The van der Waals surface area contributed by atoms with Crippen molar-refractivity contribution in [2.24, 2.45) is 0 Å². The summed E-state index contributed by atoms with van der Waals surface area (Å²) in [5.74, 6) is -2.70. The normalized spacial score (nSPS) is 20.3. The SMILES string of the molecule is C[C@@H]1CCCCN1C(=O)[C@@H](C)NS(=O)(=O)c1ccc(F)c(F)c1. The van der Waals surface area contributed by atoms with E-state index < -0.39 is 32.6 Å². The molecule has 1 aromatic carbocycles. The number of hydrogen-bond acceptors (Lipinski definition) is 3. The first kappa shape index (κ1) is 17.8. The minimum Gasteiger partial charge on any atom is -0.339 e. The van der Waals surface area contributed by atoms with E-state index in [-0.39, 0.29) is 11.9 Å². The molecule has 23 heavy (non-hydrogen) atoms. The van der Waals surface area contributed by atoms with Gasteiger partial charge in [0.1, 0.15) is 0 Å². The number of nitrogens with zero attached hydrogens (tertiary/aromatic N) is 1. The Kier molecular flexibility index (Phi) is 5.36. The second kappa shape index (κ2) is 6.92. The fourth-order valence-electron chi connectivity index (χ4n) is 2.67. The van der Waals surface area contributed by atoms with Crippen LogP contribution < -0.4 is 4.72 Å². The summed E-state index contributed by atoms with van der Waals surface area (Å²) in [5, 5.41) is 0. The van der Waals surface area contributed by atoms with E-state index in [1.54, 1.807) is 4.90 Å². The van der Waals surface area contributed by atoms with Crippen LogP contribution in [0.15, 0.2) is 23.1 Å². The lowest BCUT2D eigenvalue weighted by molar-refractivity contribution is -0.135. The molecule has 128 valence electrons. The van der Waals surface area contributed by atoms with E-state index in [1.807, 2.05) is 6.92 Å². The first-order valence-electron chi connectivity index (χ1n) is 7.50. The number of amides is 1. The lowest BCUT2D eigenvalue weighted by atomic mass is 10.0. The maximum absolute atomic E-state index is 13.2. The van der Waals surface area contributed by atoms with Crippen LogP contribution in [0.3, 0.4) is 0 Å².